The van der Waals surface area contributed by atoms with Crippen molar-refractivity contribution in [1.29, 1.82) is 0 Å². The molecule has 2 aromatic rings. The molecule has 0 amide bonds. The molecular weight excluding hydrogens is 264 g/mol. The van der Waals surface area contributed by atoms with Crippen molar-refractivity contribution in [2.75, 3.05) is 13.2 Å². The third kappa shape index (κ3) is 5.63. The second-order valence-electron chi connectivity index (χ2n) is 5.04. The lowest BCUT2D eigenvalue weighted by molar-refractivity contribution is 0.0278. The van der Waals surface area contributed by atoms with Gasteiger partial charge in [0.1, 0.15) is 0 Å². The van der Waals surface area contributed by atoms with Crippen LogP contribution in [0.2, 0.25) is 0 Å². The summed E-state index contributed by atoms with van der Waals surface area (Å²) in [6.07, 6.45) is 1.24. The molecule has 2 N–H and O–H groups in total. The Hall–Kier alpha value is -1.75. The number of ether oxygens (including phenoxy) is 1. The highest BCUT2D eigenvalue weighted by Gasteiger charge is 2.09. The summed E-state index contributed by atoms with van der Waals surface area (Å²) in [6, 6.07) is 15.9. The SMILES string of the molecule is C[C@H](NCC(O)COCc1ccccc1)c1ccccn1. The Kier molecular flexibility index (Phi) is 6.34. The molecule has 0 saturated carbocycles. The number of pyridine rings is 1. The van der Waals surface area contributed by atoms with Crippen LogP contribution in [0.3, 0.4) is 0 Å². The normalized spacial score (nSPS) is 13.8. The summed E-state index contributed by atoms with van der Waals surface area (Å²) in [5.74, 6) is 0. The number of benzene rings is 1. The molecule has 0 fully saturated rings. The lowest BCUT2D eigenvalue weighted by Crippen LogP contribution is -2.32. The number of aliphatic hydroxyl groups excluding tert-OH is 1. The highest BCUT2D eigenvalue weighted by molar-refractivity contribution is 5.13. The third-order valence-electron chi connectivity index (χ3n) is 3.21. The van der Waals surface area contributed by atoms with Gasteiger partial charge in [0, 0.05) is 18.8 Å². The van der Waals surface area contributed by atoms with Gasteiger partial charge in [0.2, 0.25) is 0 Å². The number of rotatable bonds is 8. The summed E-state index contributed by atoms with van der Waals surface area (Å²) in [6.45, 7) is 3.34. The molecule has 4 heteroatoms. The van der Waals surface area contributed by atoms with Crippen LogP contribution < -0.4 is 5.32 Å². The van der Waals surface area contributed by atoms with E-state index < -0.39 is 6.10 Å². The number of nitrogens with one attached hydrogen (secondary N) is 1. The Labute approximate surface area is 125 Å². The van der Waals surface area contributed by atoms with Crippen molar-refractivity contribution in [3.63, 3.8) is 0 Å². The molecule has 0 aliphatic rings. The molecule has 21 heavy (non-hydrogen) atoms. The summed E-state index contributed by atoms with van der Waals surface area (Å²) < 4.78 is 5.51. The van der Waals surface area contributed by atoms with Gasteiger partial charge >= 0.3 is 0 Å². The van der Waals surface area contributed by atoms with E-state index in [-0.39, 0.29) is 6.04 Å². The van der Waals surface area contributed by atoms with E-state index in [1.54, 1.807) is 6.20 Å². The molecule has 0 spiro atoms. The number of aliphatic hydroxyl groups is 1. The monoisotopic (exact) mass is 286 g/mol. The molecule has 1 unspecified atom stereocenters. The van der Waals surface area contributed by atoms with Crippen molar-refractivity contribution in [2.24, 2.45) is 0 Å². The molecule has 0 aliphatic heterocycles. The topological polar surface area (TPSA) is 54.4 Å². The van der Waals surface area contributed by atoms with Crippen molar-refractivity contribution in [2.45, 2.75) is 25.7 Å². The van der Waals surface area contributed by atoms with Crippen molar-refractivity contribution < 1.29 is 9.84 Å². The van der Waals surface area contributed by atoms with Crippen molar-refractivity contribution in [3.05, 3.63) is 66.0 Å². The highest BCUT2D eigenvalue weighted by atomic mass is 16.5. The van der Waals surface area contributed by atoms with E-state index >= 15 is 0 Å². The van der Waals surface area contributed by atoms with E-state index in [9.17, 15) is 5.11 Å². The standard InChI is InChI=1S/C17H22N2O2/c1-14(17-9-5-6-10-18-17)19-11-16(20)13-21-12-15-7-3-2-4-8-15/h2-10,14,16,19-20H,11-13H2,1H3/t14-,16?/m0/s1. The van der Waals surface area contributed by atoms with Crippen LogP contribution >= 0.6 is 0 Å². The van der Waals surface area contributed by atoms with Gasteiger partial charge in [-0.2, -0.15) is 0 Å². The molecule has 4 nitrogen and oxygen atoms in total. The first-order valence-electron chi connectivity index (χ1n) is 7.20. The maximum atomic E-state index is 9.92. The summed E-state index contributed by atoms with van der Waals surface area (Å²) in [5.41, 5.74) is 2.08. The van der Waals surface area contributed by atoms with Crippen LogP contribution in [0.4, 0.5) is 0 Å². The van der Waals surface area contributed by atoms with Gasteiger partial charge in [-0.25, -0.2) is 0 Å². The molecule has 112 valence electrons. The van der Waals surface area contributed by atoms with E-state index in [0.717, 1.165) is 11.3 Å². The van der Waals surface area contributed by atoms with E-state index in [0.29, 0.717) is 19.8 Å². The van der Waals surface area contributed by atoms with Crippen LogP contribution in [-0.4, -0.2) is 29.3 Å². The predicted octanol–water partition coefficient (Wildman–Crippen LogP) is 2.31. The average molecular weight is 286 g/mol. The average Bonchev–Trinajstić information content (AvgIpc) is 2.54. The molecule has 0 radical (unpaired) electrons. The number of aromatic nitrogens is 1. The summed E-state index contributed by atoms with van der Waals surface area (Å²) in [4.78, 5) is 4.28. The Balaban J connectivity index is 1.64. The van der Waals surface area contributed by atoms with Gasteiger partial charge in [-0.05, 0) is 24.6 Å². The van der Waals surface area contributed by atoms with Gasteiger partial charge in [0.15, 0.2) is 0 Å². The van der Waals surface area contributed by atoms with Crippen molar-refractivity contribution in [3.8, 4) is 0 Å². The number of hydrogen-bond donors (Lipinski definition) is 2. The fourth-order valence-corrected chi connectivity index (χ4v) is 2.00. The first-order chi connectivity index (χ1) is 10.3. The minimum absolute atomic E-state index is 0.106. The molecule has 0 saturated heterocycles. The third-order valence-corrected chi connectivity index (χ3v) is 3.21. The fourth-order valence-electron chi connectivity index (χ4n) is 2.00. The molecule has 1 aromatic carbocycles. The smallest absolute Gasteiger partial charge is 0.0898 e. The minimum atomic E-state index is -0.528. The van der Waals surface area contributed by atoms with E-state index in [4.69, 9.17) is 4.74 Å². The molecule has 2 atom stereocenters. The Bertz CT molecular complexity index is 505. The van der Waals surface area contributed by atoms with Crippen LogP contribution in [0, 0.1) is 0 Å². The summed E-state index contributed by atoms with van der Waals surface area (Å²) in [7, 11) is 0. The van der Waals surface area contributed by atoms with Gasteiger partial charge < -0.3 is 15.2 Å². The summed E-state index contributed by atoms with van der Waals surface area (Å²) in [5, 5.41) is 13.2. The van der Waals surface area contributed by atoms with Crippen molar-refractivity contribution in [1.82, 2.24) is 10.3 Å². The Morgan fingerprint density at radius 1 is 1.14 bits per heavy atom. The quantitative estimate of drug-likeness (QED) is 0.782. The first-order valence-corrected chi connectivity index (χ1v) is 7.20. The first kappa shape index (κ1) is 15.6. The van der Waals surface area contributed by atoms with E-state index in [1.807, 2.05) is 55.5 Å². The van der Waals surface area contributed by atoms with Crippen LogP contribution in [0.1, 0.15) is 24.2 Å². The van der Waals surface area contributed by atoms with Crippen LogP contribution in [0.5, 0.6) is 0 Å². The van der Waals surface area contributed by atoms with E-state index in [2.05, 4.69) is 10.3 Å². The molecule has 0 bridgehead atoms. The predicted molar refractivity (Wildman–Crippen MR) is 82.8 cm³/mol. The number of hydrogen-bond acceptors (Lipinski definition) is 4. The van der Waals surface area contributed by atoms with Gasteiger partial charge in [0.05, 0.1) is 25.0 Å². The zero-order chi connectivity index (χ0) is 14.9. The van der Waals surface area contributed by atoms with Gasteiger partial charge in [-0.15, -0.1) is 0 Å². The lowest BCUT2D eigenvalue weighted by Gasteiger charge is -2.17. The van der Waals surface area contributed by atoms with Crippen LogP contribution in [0.15, 0.2) is 54.7 Å². The van der Waals surface area contributed by atoms with Gasteiger partial charge in [-0.3, -0.25) is 4.98 Å². The second-order valence-corrected chi connectivity index (χ2v) is 5.04. The molecule has 2 rings (SSSR count). The largest absolute Gasteiger partial charge is 0.389 e. The fraction of sp³-hybridized carbons (Fsp3) is 0.353. The van der Waals surface area contributed by atoms with Crippen molar-refractivity contribution >= 4 is 0 Å². The molecule has 1 heterocycles. The van der Waals surface area contributed by atoms with Crippen LogP contribution in [0.25, 0.3) is 0 Å². The van der Waals surface area contributed by atoms with Gasteiger partial charge in [-0.1, -0.05) is 36.4 Å². The van der Waals surface area contributed by atoms with E-state index in [1.165, 1.54) is 0 Å². The Morgan fingerprint density at radius 3 is 2.62 bits per heavy atom. The molecule has 0 aliphatic carbocycles. The van der Waals surface area contributed by atoms with Crippen LogP contribution in [-0.2, 0) is 11.3 Å². The maximum absolute atomic E-state index is 9.92. The molecule has 1 aromatic heterocycles. The zero-order valence-corrected chi connectivity index (χ0v) is 12.3. The minimum Gasteiger partial charge on any atom is -0.389 e. The lowest BCUT2D eigenvalue weighted by atomic mass is 10.2. The highest BCUT2D eigenvalue weighted by Crippen LogP contribution is 2.07. The maximum Gasteiger partial charge on any atom is 0.0898 e. The second kappa shape index (κ2) is 8.52. The molecular formula is C17H22N2O2. The summed E-state index contributed by atoms with van der Waals surface area (Å²) >= 11 is 0. The number of nitrogens with zero attached hydrogens (tertiary/aromatic N) is 1. The Morgan fingerprint density at radius 2 is 1.90 bits per heavy atom. The van der Waals surface area contributed by atoms with Gasteiger partial charge in [0.25, 0.3) is 0 Å². The zero-order valence-electron chi connectivity index (χ0n) is 12.3.